The lowest BCUT2D eigenvalue weighted by atomic mass is 10.0. The van der Waals surface area contributed by atoms with Gasteiger partial charge >= 0.3 is 5.69 Å². The van der Waals surface area contributed by atoms with E-state index in [9.17, 15) is 22.0 Å². The quantitative estimate of drug-likeness (QED) is 0.393. The van der Waals surface area contributed by atoms with Gasteiger partial charge in [0.2, 0.25) is 0 Å². The van der Waals surface area contributed by atoms with Gasteiger partial charge in [-0.15, -0.1) is 0 Å². The third kappa shape index (κ3) is 4.90. The van der Waals surface area contributed by atoms with Gasteiger partial charge in [0.15, 0.2) is 5.75 Å². The van der Waals surface area contributed by atoms with Gasteiger partial charge in [0.25, 0.3) is 5.88 Å². The first-order valence-corrected chi connectivity index (χ1v) is 12.7. The molecule has 2 aromatic heterocycles. The van der Waals surface area contributed by atoms with Gasteiger partial charge in [-0.05, 0) is 48.9 Å². The molecule has 35 heavy (non-hydrogen) atoms. The maximum absolute atomic E-state index is 14.3. The van der Waals surface area contributed by atoms with Crippen molar-refractivity contribution >= 4 is 20.9 Å². The van der Waals surface area contributed by atoms with Crippen molar-refractivity contribution in [3.05, 3.63) is 76.3 Å². The van der Waals surface area contributed by atoms with Crippen molar-refractivity contribution < 1.29 is 26.7 Å². The molecule has 0 aliphatic carbocycles. The number of methoxy groups -OCH3 is 1. The number of aromatic amines is 1. The van der Waals surface area contributed by atoms with Crippen LogP contribution in [0.1, 0.15) is 18.7 Å². The summed E-state index contributed by atoms with van der Waals surface area (Å²) in [5.41, 5.74) is 0.297. The van der Waals surface area contributed by atoms with Gasteiger partial charge in [-0.2, -0.15) is 0 Å². The number of nitrogens with zero attached hydrogens (tertiary/aromatic N) is 2. The van der Waals surface area contributed by atoms with Gasteiger partial charge in [-0.1, -0.05) is 12.1 Å². The van der Waals surface area contributed by atoms with Crippen LogP contribution >= 0.6 is 0 Å². The zero-order valence-electron chi connectivity index (χ0n) is 19.2. The highest BCUT2D eigenvalue weighted by molar-refractivity contribution is 7.90. The van der Waals surface area contributed by atoms with Crippen molar-refractivity contribution in [3.63, 3.8) is 0 Å². The Hall–Kier alpha value is -3.73. The Bertz CT molecular complexity index is 1540. The minimum Gasteiger partial charge on any atom is -0.491 e. The molecule has 0 radical (unpaired) electrons. The minimum atomic E-state index is -3.57. The Balaban J connectivity index is 1.90. The van der Waals surface area contributed by atoms with Gasteiger partial charge in [-0.25, -0.2) is 27.0 Å². The topological polar surface area (TPSA) is 103 Å². The summed E-state index contributed by atoms with van der Waals surface area (Å²) in [5, 5.41) is 0. The number of imidazole rings is 1. The second kappa shape index (κ2) is 9.49. The zero-order valence-corrected chi connectivity index (χ0v) is 20.0. The predicted octanol–water partition coefficient (Wildman–Crippen LogP) is 3.71. The van der Waals surface area contributed by atoms with Gasteiger partial charge in [0.05, 0.1) is 47.8 Å². The number of rotatable bonds is 8. The molecule has 1 unspecified atom stereocenters. The van der Waals surface area contributed by atoms with Crippen molar-refractivity contribution in [1.82, 2.24) is 14.5 Å². The second-order valence-corrected chi connectivity index (χ2v) is 10.1. The normalized spacial score (nSPS) is 12.6. The fraction of sp³-hybridized carbons (Fsp3) is 0.250. The molecule has 184 valence electrons. The lowest BCUT2D eigenvalue weighted by molar-refractivity contribution is 0.296. The standard InChI is InChI=1S/C24H23F2N3O5S/c1-4-34-23-21(33-2)11-9-17(27-23)20(13-35(3,31)32)29-19-10-8-14(12-18(19)28-24(29)30)22-15(25)6-5-7-16(22)26/h5-12,20H,4,13H2,1-3H3,(H,28,30). The number of fused-ring (bicyclic) bond motifs is 1. The number of benzene rings is 2. The summed E-state index contributed by atoms with van der Waals surface area (Å²) in [6, 6.07) is 10.1. The first-order chi connectivity index (χ1) is 16.6. The lowest BCUT2D eigenvalue weighted by Gasteiger charge is -2.19. The van der Waals surface area contributed by atoms with Crippen LogP contribution in [0.2, 0.25) is 0 Å². The van der Waals surface area contributed by atoms with E-state index in [2.05, 4.69) is 9.97 Å². The summed E-state index contributed by atoms with van der Waals surface area (Å²) in [7, 11) is -2.12. The Kier molecular flexibility index (Phi) is 6.62. The van der Waals surface area contributed by atoms with Crippen molar-refractivity contribution in [1.29, 1.82) is 0 Å². The molecule has 0 spiro atoms. The molecule has 1 atom stereocenters. The van der Waals surface area contributed by atoms with Gasteiger partial charge in [0, 0.05) is 6.26 Å². The van der Waals surface area contributed by atoms with Crippen LogP contribution in [0.25, 0.3) is 22.2 Å². The van der Waals surface area contributed by atoms with Crippen LogP contribution in [0, 0.1) is 11.6 Å². The molecular formula is C24H23F2N3O5S. The van der Waals surface area contributed by atoms with Crippen LogP contribution in [0.5, 0.6) is 11.6 Å². The van der Waals surface area contributed by atoms with E-state index in [1.807, 2.05) is 0 Å². The second-order valence-electron chi connectivity index (χ2n) is 7.91. The summed E-state index contributed by atoms with van der Waals surface area (Å²) in [6.45, 7) is 2.06. The molecule has 8 nitrogen and oxygen atoms in total. The maximum Gasteiger partial charge on any atom is 0.327 e. The molecule has 2 aromatic carbocycles. The van der Waals surface area contributed by atoms with Gasteiger partial charge in [0.1, 0.15) is 21.5 Å². The molecule has 0 bridgehead atoms. The van der Waals surface area contributed by atoms with Gasteiger partial charge < -0.3 is 14.5 Å². The fourth-order valence-electron chi connectivity index (χ4n) is 3.97. The molecular weight excluding hydrogens is 480 g/mol. The molecule has 4 aromatic rings. The van der Waals surface area contributed by atoms with Crippen LogP contribution < -0.4 is 15.2 Å². The number of aromatic nitrogens is 3. The van der Waals surface area contributed by atoms with Crippen molar-refractivity contribution in [3.8, 4) is 22.8 Å². The third-order valence-corrected chi connectivity index (χ3v) is 6.35. The van der Waals surface area contributed by atoms with E-state index in [1.165, 1.54) is 35.9 Å². The Labute approximate surface area is 200 Å². The average Bonchev–Trinajstić information content (AvgIpc) is 3.12. The highest BCUT2D eigenvalue weighted by Gasteiger charge is 2.26. The number of halogens is 2. The SMILES string of the molecule is CCOc1nc(C(CS(C)(=O)=O)n2c(=O)[nH]c3cc(-c4c(F)cccc4F)ccc32)ccc1OC. The van der Waals surface area contributed by atoms with E-state index in [4.69, 9.17) is 9.47 Å². The van der Waals surface area contributed by atoms with Crippen molar-refractivity contribution in [2.75, 3.05) is 25.7 Å². The smallest absolute Gasteiger partial charge is 0.327 e. The van der Waals surface area contributed by atoms with Crippen LogP contribution in [0.3, 0.4) is 0 Å². The third-order valence-electron chi connectivity index (χ3n) is 5.43. The number of hydrogen-bond acceptors (Lipinski definition) is 6. The molecule has 1 N–H and O–H groups in total. The number of sulfone groups is 1. The Morgan fingerprint density at radius 1 is 1.11 bits per heavy atom. The molecule has 0 saturated heterocycles. The highest BCUT2D eigenvalue weighted by Crippen LogP contribution is 2.32. The number of hydrogen-bond donors (Lipinski definition) is 1. The number of pyridine rings is 1. The molecule has 0 fully saturated rings. The number of H-pyrrole nitrogens is 1. The molecule has 2 heterocycles. The molecule has 0 aliphatic heterocycles. The van der Waals surface area contributed by atoms with Crippen LogP contribution in [-0.2, 0) is 9.84 Å². The Morgan fingerprint density at radius 3 is 2.46 bits per heavy atom. The summed E-state index contributed by atoms with van der Waals surface area (Å²) in [6.07, 6.45) is 1.06. The van der Waals surface area contributed by atoms with Gasteiger partial charge in [-0.3, -0.25) is 4.57 Å². The first kappa shape index (κ1) is 24.4. The monoisotopic (exact) mass is 503 g/mol. The van der Waals surface area contributed by atoms with E-state index in [-0.39, 0.29) is 28.2 Å². The number of nitrogens with one attached hydrogen (secondary N) is 1. The molecule has 4 rings (SSSR count). The van der Waals surface area contributed by atoms with E-state index < -0.39 is 39.0 Å². The van der Waals surface area contributed by atoms with Crippen LogP contribution in [-0.4, -0.2) is 48.7 Å². The number of ether oxygens (including phenoxy) is 2. The summed E-state index contributed by atoms with van der Waals surface area (Å²) >= 11 is 0. The van der Waals surface area contributed by atoms with E-state index in [0.717, 1.165) is 18.4 Å². The molecule has 0 saturated carbocycles. The van der Waals surface area contributed by atoms with E-state index in [1.54, 1.807) is 19.1 Å². The predicted molar refractivity (Wildman–Crippen MR) is 128 cm³/mol. The minimum absolute atomic E-state index is 0.163. The summed E-state index contributed by atoms with van der Waals surface area (Å²) < 4.78 is 65.3. The van der Waals surface area contributed by atoms with Crippen molar-refractivity contribution in [2.24, 2.45) is 0 Å². The molecule has 0 amide bonds. The largest absolute Gasteiger partial charge is 0.491 e. The lowest BCUT2D eigenvalue weighted by Crippen LogP contribution is -2.29. The average molecular weight is 504 g/mol. The molecule has 11 heteroatoms. The first-order valence-electron chi connectivity index (χ1n) is 10.7. The summed E-state index contributed by atoms with van der Waals surface area (Å²) in [5.74, 6) is -1.39. The maximum atomic E-state index is 14.3. The fourth-order valence-corrected chi connectivity index (χ4v) is 4.86. The van der Waals surface area contributed by atoms with E-state index >= 15 is 0 Å². The van der Waals surface area contributed by atoms with E-state index in [0.29, 0.717) is 17.9 Å². The Morgan fingerprint density at radius 2 is 1.83 bits per heavy atom. The zero-order chi connectivity index (χ0) is 25.3. The van der Waals surface area contributed by atoms with Crippen LogP contribution in [0.4, 0.5) is 8.78 Å². The molecule has 0 aliphatic rings. The summed E-state index contributed by atoms with van der Waals surface area (Å²) in [4.78, 5) is 20.1. The van der Waals surface area contributed by atoms with Crippen LogP contribution in [0.15, 0.2) is 53.3 Å². The van der Waals surface area contributed by atoms with Crippen molar-refractivity contribution in [2.45, 2.75) is 13.0 Å². The highest BCUT2D eigenvalue weighted by atomic mass is 32.2.